The third-order valence-corrected chi connectivity index (χ3v) is 3.43. The third kappa shape index (κ3) is 2.18. The van der Waals surface area contributed by atoms with Gasteiger partial charge in [0, 0.05) is 10.3 Å². The molecule has 1 aromatic rings. The molecule has 82 valence electrons. The number of carboxylic acids is 1. The molecule has 0 aromatic carbocycles. The minimum Gasteiger partial charge on any atom is -0.481 e. The van der Waals surface area contributed by atoms with Gasteiger partial charge in [-0.15, -0.1) is 11.3 Å². The molecule has 0 aliphatic heterocycles. The Labute approximate surface area is 91.5 Å². The average molecular weight is 228 g/mol. The summed E-state index contributed by atoms with van der Waals surface area (Å²) in [5.74, 6) is -1.36. The molecule has 15 heavy (non-hydrogen) atoms. The van der Waals surface area contributed by atoms with Crippen LogP contribution < -0.4 is 0 Å². The normalized spacial score (nSPS) is 11.1. The first-order valence-electron chi connectivity index (χ1n) is 4.30. The van der Waals surface area contributed by atoms with E-state index >= 15 is 0 Å². The van der Waals surface area contributed by atoms with Crippen molar-refractivity contribution < 1.29 is 19.4 Å². The van der Waals surface area contributed by atoms with Crippen LogP contribution in [0.5, 0.6) is 0 Å². The number of rotatable bonds is 3. The van der Waals surface area contributed by atoms with Crippen molar-refractivity contribution >= 4 is 23.3 Å². The second kappa shape index (κ2) is 4.02. The molecule has 0 radical (unpaired) electrons. The summed E-state index contributed by atoms with van der Waals surface area (Å²) >= 11 is 1.25. The number of carboxylic acid groups (broad SMARTS) is 1. The summed E-state index contributed by atoms with van der Waals surface area (Å²) in [6.45, 7) is 3.20. The molecular weight excluding hydrogens is 216 g/mol. The van der Waals surface area contributed by atoms with Gasteiger partial charge in [0.1, 0.15) is 0 Å². The molecule has 1 N–H and O–H groups in total. The molecule has 0 fully saturated rings. The molecule has 0 atom stereocenters. The van der Waals surface area contributed by atoms with Crippen molar-refractivity contribution in [1.29, 1.82) is 0 Å². The van der Waals surface area contributed by atoms with E-state index in [9.17, 15) is 9.59 Å². The predicted octanol–water partition coefficient (Wildman–Crippen LogP) is 1.90. The second-order valence-corrected chi connectivity index (χ2v) is 4.53. The smallest absolute Gasteiger partial charge is 0.338 e. The number of esters is 1. The third-order valence-electron chi connectivity index (χ3n) is 2.17. The molecule has 0 saturated heterocycles. The molecule has 0 unspecified atom stereocenters. The van der Waals surface area contributed by atoms with E-state index in [0.717, 1.165) is 0 Å². The maximum absolute atomic E-state index is 11.2. The minimum absolute atomic E-state index is 0.395. The van der Waals surface area contributed by atoms with Crippen LogP contribution in [0, 0.1) is 0 Å². The Morgan fingerprint density at radius 1 is 1.47 bits per heavy atom. The number of carbonyl (C=O) groups excluding carboxylic acids is 1. The Hall–Kier alpha value is -1.36. The van der Waals surface area contributed by atoms with Gasteiger partial charge in [0.05, 0.1) is 18.1 Å². The van der Waals surface area contributed by atoms with Gasteiger partial charge in [-0.2, -0.15) is 0 Å². The summed E-state index contributed by atoms with van der Waals surface area (Å²) in [5.41, 5.74) is -0.580. The fourth-order valence-electron chi connectivity index (χ4n) is 0.994. The lowest BCUT2D eigenvalue weighted by Crippen LogP contribution is -2.27. The maximum atomic E-state index is 11.2. The fraction of sp³-hybridized carbons (Fsp3) is 0.400. The number of ether oxygens (including phenoxy) is 1. The highest BCUT2D eigenvalue weighted by molar-refractivity contribution is 7.10. The number of methoxy groups -OCH3 is 1. The fourth-order valence-corrected chi connectivity index (χ4v) is 1.99. The number of aliphatic carboxylic acids is 1. The highest BCUT2D eigenvalue weighted by Gasteiger charge is 2.31. The van der Waals surface area contributed by atoms with Crippen LogP contribution in [-0.2, 0) is 14.9 Å². The lowest BCUT2D eigenvalue weighted by Gasteiger charge is -2.16. The van der Waals surface area contributed by atoms with Gasteiger partial charge in [-0.3, -0.25) is 4.79 Å². The number of thiophene rings is 1. The van der Waals surface area contributed by atoms with Crippen molar-refractivity contribution in [1.82, 2.24) is 0 Å². The topological polar surface area (TPSA) is 63.6 Å². The van der Waals surface area contributed by atoms with Crippen LogP contribution in [0.15, 0.2) is 11.4 Å². The van der Waals surface area contributed by atoms with E-state index in [0.29, 0.717) is 10.4 Å². The monoisotopic (exact) mass is 228 g/mol. The summed E-state index contributed by atoms with van der Waals surface area (Å²) in [4.78, 5) is 22.8. The van der Waals surface area contributed by atoms with E-state index in [4.69, 9.17) is 5.11 Å². The standard InChI is InChI=1S/C10H12O4S/c1-10(2,9(12)13)7-4-6(5-15-7)8(11)14-3/h4-5H,1-3H3,(H,12,13). The van der Waals surface area contributed by atoms with Gasteiger partial charge in [0.2, 0.25) is 0 Å². The molecule has 0 amide bonds. The van der Waals surface area contributed by atoms with Crippen LogP contribution in [-0.4, -0.2) is 24.2 Å². The van der Waals surface area contributed by atoms with Gasteiger partial charge in [0.25, 0.3) is 0 Å². The van der Waals surface area contributed by atoms with E-state index in [2.05, 4.69) is 4.74 Å². The van der Waals surface area contributed by atoms with Crippen LogP contribution in [0.1, 0.15) is 29.1 Å². The van der Waals surface area contributed by atoms with Gasteiger partial charge in [-0.05, 0) is 19.9 Å². The van der Waals surface area contributed by atoms with E-state index < -0.39 is 17.4 Å². The zero-order valence-corrected chi connectivity index (χ0v) is 9.55. The van der Waals surface area contributed by atoms with Crippen molar-refractivity contribution in [3.05, 3.63) is 21.9 Å². The van der Waals surface area contributed by atoms with Crippen LogP contribution in [0.25, 0.3) is 0 Å². The zero-order valence-electron chi connectivity index (χ0n) is 8.73. The van der Waals surface area contributed by atoms with Crippen LogP contribution in [0.2, 0.25) is 0 Å². The molecule has 0 aliphatic rings. The van der Waals surface area contributed by atoms with Gasteiger partial charge < -0.3 is 9.84 Å². The predicted molar refractivity (Wildman–Crippen MR) is 56.3 cm³/mol. The molecule has 0 bridgehead atoms. The summed E-state index contributed by atoms with van der Waals surface area (Å²) in [6.07, 6.45) is 0. The van der Waals surface area contributed by atoms with Crippen molar-refractivity contribution in [3.8, 4) is 0 Å². The van der Waals surface area contributed by atoms with Crippen LogP contribution in [0.3, 0.4) is 0 Å². The highest BCUT2D eigenvalue weighted by Crippen LogP contribution is 2.29. The van der Waals surface area contributed by atoms with Crippen molar-refractivity contribution in [2.45, 2.75) is 19.3 Å². The van der Waals surface area contributed by atoms with Crippen LogP contribution >= 0.6 is 11.3 Å². The maximum Gasteiger partial charge on any atom is 0.338 e. The number of hydrogen-bond donors (Lipinski definition) is 1. The van der Waals surface area contributed by atoms with Gasteiger partial charge in [-0.1, -0.05) is 0 Å². The molecule has 1 rings (SSSR count). The lowest BCUT2D eigenvalue weighted by atomic mass is 9.91. The first-order valence-corrected chi connectivity index (χ1v) is 5.18. The molecule has 0 saturated carbocycles. The Morgan fingerprint density at radius 3 is 2.53 bits per heavy atom. The number of hydrogen-bond acceptors (Lipinski definition) is 4. The zero-order chi connectivity index (χ0) is 11.6. The van der Waals surface area contributed by atoms with Gasteiger partial charge in [0.15, 0.2) is 0 Å². The largest absolute Gasteiger partial charge is 0.481 e. The summed E-state index contributed by atoms with van der Waals surface area (Å²) in [5, 5.41) is 10.6. The van der Waals surface area contributed by atoms with Gasteiger partial charge >= 0.3 is 11.9 Å². The second-order valence-electron chi connectivity index (χ2n) is 3.62. The van der Waals surface area contributed by atoms with E-state index in [1.54, 1.807) is 25.3 Å². The van der Waals surface area contributed by atoms with Crippen molar-refractivity contribution in [3.63, 3.8) is 0 Å². The Morgan fingerprint density at radius 2 is 2.07 bits per heavy atom. The average Bonchev–Trinajstić information content (AvgIpc) is 2.65. The summed E-state index contributed by atoms with van der Waals surface area (Å²) in [6, 6.07) is 1.56. The molecule has 1 heterocycles. The van der Waals surface area contributed by atoms with Crippen LogP contribution in [0.4, 0.5) is 0 Å². The molecule has 0 aliphatic carbocycles. The SMILES string of the molecule is COC(=O)c1csc(C(C)(C)C(=O)O)c1. The lowest BCUT2D eigenvalue weighted by molar-refractivity contribution is -0.142. The Kier molecular flexibility index (Phi) is 3.14. The first kappa shape index (κ1) is 11.7. The first-order chi connectivity index (χ1) is 6.89. The van der Waals surface area contributed by atoms with E-state index in [-0.39, 0.29) is 0 Å². The quantitative estimate of drug-likeness (QED) is 0.802. The molecular formula is C10H12O4S. The van der Waals surface area contributed by atoms with E-state index in [1.807, 2.05) is 0 Å². The molecule has 1 aromatic heterocycles. The summed E-state index contributed by atoms with van der Waals surface area (Å²) < 4.78 is 4.54. The molecule has 4 nitrogen and oxygen atoms in total. The van der Waals surface area contributed by atoms with Crippen molar-refractivity contribution in [2.24, 2.45) is 0 Å². The van der Waals surface area contributed by atoms with Crippen molar-refractivity contribution in [2.75, 3.05) is 7.11 Å². The molecule has 0 spiro atoms. The molecule has 5 heteroatoms. The summed E-state index contributed by atoms with van der Waals surface area (Å²) in [7, 11) is 1.29. The van der Waals surface area contributed by atoms with E-state index in [1.165, 1.54) is 18.4 Å². The Bertz CT molecular complexity index is 392. The highest BCUT2D eigenvalue weighted by atomic mass is 32.1. The van der Waals surface area contributed by atoms with Gasteiger partial charge in [-0.25, -0.2) is 4.79 Å². The minimum atomic E-state index is -0.975. The Balaban J connectivity index is 3.04. The number of carbonyl (C=O) groups is 2.